The van der Waals surface area contributed by atoms with E-state index in [1.54, 1.807) is 0 Å². The average Bonchev–Trinajstić information content (AvgIpc) is 2.21. The molecule has 0 fully saturated rings. The van der Waals surface area contributed by atoms with Crippen LogP contribution in [0.15, 0.2) is 0 Å². The van der Waals surface area contributed by atoms with Crippen LogP contribution in [-0.2, 0) is 0 Å². The number of aliphatic hydroxyl groups excluding tert-OH is 1. The average molecular weight is 219 g/mol. The number of carbonyl (C=O) groups is 1. The maximum atomic E-state index is 10.3. The van der Waals surface area contributed by atoms with Gasteiger partial charge >= 0.3 is 6.09 Å². The Morgan fingerprint density at radius 1 is 1.40 bits per heavy atom. The Morgan fingerprint density at radius 2 is 2.13 bits per heavy atom. The number of amides is 1. The molecule has 0 aromatic carbocycles. The summed E-state index contributed by atoms with van der Waals surface area (Å²) in [4.78, 5) is 10.3. The summed E-state index contributed by atoms with van der Waals surface area (Å²) >= 11 is 0. The Hall–Kier alpha value is -0.850. The summed E-state index contributed by atoms with van der Waals surface area (Å²) in [5.41, 5.74) is 5.37. The molecule has 0 aliphatic carbocycles. The van der Waals surface area contributed by atoms with Gasteiger partial charge in [0.15, 0.2) is 0 Å². The van der Waals surface area contributed by atoms with Gasteiger partial charge in [-0.3, -0.25) is 0 Å². The van der Waals surface area contributed by atoms with E-state index < -0.39 is 6.09 Å². The number of carboxylic acid groups (broad SMARTS) is 1. The van der Waals surface area contributed by atoms with Crippen LogP contribution in [0.4, 0.5) is 4.79 Å². The normalized spacial score (nSPS) is 12.4. The van der Waals surface area contributed by atoms with E-state index in [1.165, 1.54) is 0 Å². The smallest absolute Gasteiger partial charge is 0.404 e. The first-order chi connectivity index (χ1) is 7.20. The molecule has 0 saturated carbocycles. The molecular weight excluding hydrogens is 198 g/mol. The molecule has 0 aromatic heterocycles. The molecule has 15 heavy (non-hydrogen) atoms. The third kappa shape index (κ3) is 9.45. The van der Waals surface area contributed by atoms with Crippen molar-refractivity contribution < 1.29 is 15.0 Å². The van der Waals surface area contributed by atoms with Crippen LogP contribution in [0.3, 0.4) is 0 Å². The fourth-order valence-electron chi connectivity index (χ4n) is 1.29. The van der Waals surface area contributed by atoms with E-state index in [0.29, 0.717) is 19.6 Å². The molecule has 1 amide bonds. The lowest BCUT2D eigenvalue weighted by molar-refractivity contribution is 0.192. The van der Waals surface area contributed by atoms with Gasteiger partial charge in [-0.1, -0.05) is 6.42 Å². The molecule has 1 unspecified atom stereocenters. The predicted octanol–water partition coefficient (Wildman–Crippen LogP) is -0.666. The molecule has 0 spiro atoms. The van der Waals surface area contributed by atoms with Gasteiger partial charge in [0.2, 0.25) is 0 Å². The van der Waals surface area contributed by atoms with Crippen LogP contribution in [0.5, 0.6) is 0 Å². The highest BCUT2D eigenvalue weighted by atomic mass is 16.4. The van der Waals surface area contributed by atoms with Crippen molar-refractivity contribution in [2.45, 2.75) is 25.3 Å². The summed E-state index contributed by atoms with van der Waals surface area (Å²) in [6.45, 7) is 1.55. The van der Waals surface area contributed by atoms with Gasteiger partial charge in [-0.15, -0.1) is 0 Å². The third-order valence-corrected chi connectivity index (χ3v) is 2.05. The van der Waals surface area contributed by atoms with Crippen molar-refractivity contribution in [3.63, 3.8) is 0 Å². The first-order valence-electron chi connectivity index (χ1n) is 5.21. The highest BCUT2D eigenvalue weighted by Gasteiger charge is 2.08. The van der Waals surface area contributed by atoms with Crippen LogP contribution in [0.25, 0.3) is 0 Å². The number of hydrogen-bond donors (Lipinski definition) is 5. The van der Waals surface area contributed by atoms with E-state index in [0.717, 1.165) is 19.3 Å². The maximum absolute atomic E-state index is 10.3. The van der Waals surface area contributed by atoms with Crippen molar-refractivity contribution in [1.29, 1.82) is 0 Å². The predicted molar refractivity (Wildman–Crippen MR) is 57.8 cm³/mol. The van der Waals surface area contributed by atoms with E-state index in [1.807, 2.05) is 0 Å². The minimum Gasteiger partial charge on any atom is -0.465 e. The molecule has 0 aliphatic heterocycles. The van der Waals surface area contributed by atoms with Crippen LogP contribution in [0.2, 0.25) is 0 Å². The standard InChI is InChI=1S/C9H21N3O3/c10-4-2-1-3-8(11-5-6-13)7-12-9(14)15/h8,11-13H,1-7,10H2,(H,14,15). The summed E-state index contributed by atoms with van der Waals surface area (Å²) in [5.74, 6) is 0. The lowest BCUT2D eigenvalue weighted by atomic mass is 10.1. The van der Waals surface area contributed by atoms with E-state index in [-0.39, 0.29) is 12.6 Å². The lowest BCUT2D eigenvalue weighted by Gasteiger charge is -2.17. The molecule has 6 nitrogen and oxygen atoms in total. The largest absolute Gasteiger partial charge is 0.465 e. The zero-order valence-corrected chi connectivity index (χ0v) is 8.91. The fraction of sp³-hybridized carbons (Fsp3) is 0.889. The number of nitrogens with one attached hydrogen (secondary N) is 2. The van der Waals surface area contributed by atoms with Gasteiger partial charge in [-0.25, -0.2) is 4.79 Å². The molecule has 0 aliphatic rings. The van der Waals surface area contributed by atoms with Crippen LogP contribution in [0.1, 0.15) is 19.3 Å². The minimum absolute atomic E-state index is 0.0560. The molecule has 0 bridgehead atoms. The number of hydrogen-bond acceptors (Lipinski definition) is 4. The van der Waals surface area contributed by atoms with Gasteiger partial charge in [0.05, 0.1) is 6.61 Å². The number of unbranched alkanes of at least 4 members (excludes halogenated alkanes) is 1. The van der Waals surface area contributed by atoms with E-state index >= 15 is 0 Å². The Balaban J connectivity index is 3.67. The molecule has 6 N–H and O–H groups in total. The molecule has 0 aromatic rings. The van der Waals surface area contributed by atoms with E-state index in [4.69, 9.17) is 15.9 Å². The molecule has 1 atom stereocenters. The van der Waals surface area contributed by atoms with Gasteiger partial charge in [-0.05, 0) is 19.4 Å². The van der Waals surface area contributed by atoms with Crippen molar-refractivity contribution in [3.8, 4) is 0 Å². The summed E-state index contributed by atoms with van der Waals surface area (Å²) in [7, 11) is 0. The Bertz CT molecular complexity index is 167. The highest BCUT2D eigenvalue weighted by Crippen LogP contribution is 1.99. The maximum Gasteiger partial charge on any atom is 0.404 e. The second-order valence-electron chi connectivity index (χ2n) is 3.35. The van der Waals surface area contributed by atoms with Crippen molar-refractivity contribution in [3.05, 3.63) is 0 Å². The highest BCUT2D eigenvalue weighted by molar-refractivity contribution is 5.64. The summed E-state index contributed by atoms with van der Waals surface area (Å²) < 4.78 is 0. The Kier molecular flexibility index (Phi) is 9.15. The second-order valence-corrected chi connectivity index (χ2v) is 3.35. The first-order valence-corrected chi connectivity index (χ1v) is 5.21. The van der Waals surface area contributed by atoms with E-state index in [2.05, 4.69) is 10.6 Å². The van der Waals surface area contributed by atoms with Crippen molar-refractivity contribution in [1.82, 2.24) is 10.6 Å². The molecule has 90 valence electrons. The zero-order valence-electron chi connectivity index (χ0n) is 8.91. The van der Waals surface area contributed by atoms with Gasteiger partial charge in [-0.2, -0.15) is 0 Å². The Labute approximate surface area is 89.8 Å². The topological polar surface area (TPSA) is 108 Å². The molecule has 0 radical (unpaired) electrons. The second kappa shape index (κ2) is 9.70. The number of aliphatic hydroxyl groups is 1. The molecule has 0 saturated heterocycles. The summed E-state index contributed by atoms with van der Waals surface area (Å²) in [5, 5.41) is 22.5. The third-order valence-electron chi connectivity index (χ3n) is 2.05. The van der Waals surface area contributed by atoms with Gasteiger partial charge in [0, 0.05) is 19.1 Å². The van der Waals surface area contributed by atoms with Crippen LogP contribution < -0.4 is 16.4 Å². The fourth-order valence-corrected chi connectivity index (χ4v) is 1.29. The van der Waals surface area contributed by atoms with Crippen molar-refractivity contribution >= 4 is 6.09 Å². The molecule has 0 rings (SSSR count). The van der Waals surface area contributed by atoms with Crippen LogP contribution in [-0.4, -0.2) is 48.6 Å². The van der Waals surface area contributed by atoms with Crippen molar-refractivity contribution in [2.75, 3.05) is 26.2 Å². The van der Waals surface area contributed by atoms with Crippen LogP contribution in [0, 0.1) is 0 Å². The number of rotatable bonds is 9. The first kappa shape index (κ1) is 14.2. The van der Waals surface area contributed by atoms with Crippen molar-refractivity contribution in [2.24, 2.45) is 5.73 Å². The monoisotopic (exact) mass is 219 g/mol. The molecular formula is C9H21N3O3. The minimum atomic E-state index is -1.02. The van der Waals surface area contributed by atoms with E-state index in [9.17, 15) is 4.79 Å². The van der Waals surface area contributed by atoms with Gasteiger partial charge < -0.3 is 26.6 Å². The van der Waals surface area contributed by atoms with Gasteiger partial charge in [0.25, 0.3) is 0 Å². The van der Waals surface area contributed by atoms with Crippen LogP contribution >= 0.6 is 0 Å². The SMILES string of the molecule is NCCCCC(CNC(=O)O)NCCO. The lowest BCUT2D eigenvalue weighted by Crippen LogP contribution is -2.41. The number of nitrogens with two attached hydrogens (primary N) is 1. The molecule has 0 heterocycles. The zero-order chi connectivity index (χ0) is 11.5. The molecule has 6 heteroatoms. The summed E-state index contributed by atoms with van der Waals surface area (Å²) in [6, 6.07) is 0.0693. The quantitative estimate of drug-likeness (QED) is 0.331. The summed E-state index contributed by atoms with van der Waals surface area (Å²) in [6.07, 6.45) is 1.73. The Morgan fingerprint density at radius 3 is 2.67 bits per heavy atom. The van der Waals surface area contributed by atoms with Gasteiger partial charge in [0.1, 0.15) is 0 Å².